The quantitative estimate of drug-likeness (QED) is 0.861. The van der Waals surface area contributed by atoms with Crippen molar-refractivity contribution in [2.45, 2.75) is 6.92 Å². The van der Waals surface area contributed by atoms with E-state index in [0.717, 1.165) is 6.07 Å². The maximum absolute atomic E-state index is 13.4. The molecule has 0 saturated carbocycles. The van der Waals surface area contributed by atoms with Crippen molar-refractivity contribution in [3.63, 3.8) is 0 Å². The third-order valence-corrected chi connectivity index (χ3v) is 3.12. The van der Waals surface area contributed by atoms with Gasteiger partial charge in [-0.2, -0.15) is 0 Å². The van der Waals surface area contributed by atoms with E-state index < -0.39 is 24.3 Å². The smallest absolute Gasteiger partial charge is 0.338 e. The van der Waals surface area contributed by atoms with Gasteiger partial charge in [-0.1, -0.05) is 6.07 Å². The molecular weight excluding hydrogens is 301 g/mol. The largest absolute Gasteiger partial charge is 0.497 e. The van der Waals surface area contributed by atoms with Crippen molar-refractivity contribution in [1.29, 1.82) is 0 Å². The number of benzene rings is 2. The van der Waals surface area contributed by atoms with Gasteiger partial charge < -0.3 is 14.8 Å². The van der Waals surface area contributed by atoms with Crippen molar-refractivity contribution >= 4 is 17.6 Å². The highest BCUT2D eigenvalue weighted by molar-refractivity contribution is 5.95. The maximum Gasteiger partial charge on any atom is 0.338 e. The minimum atomic E-state index is -0.756. The number of ether oxygens (including phenoxy) is 2. The van der Waals surface area contributed by atoms with E-state index >= 15 is 0 Å². The number of hydrogen-bond donors (Lipinski definition) is 1. The van der Waals surface area contributed by atoms with E-state index in [1.807, 2.05) is 0 Å². The molecule has 0 aliphatic rings. The number of carbonyl (C=O) groups excluding carboxylic acids is 2. The van der Waals surface area contributed by atoms with Gasteiger partial charge in [-0.15, -0.1) is 0 Å². The summed E-state index contributed by atoms with van der Waals surface area (Å²) in [6.07, 6.45) is 0. The molecule has 1 N–H and O–H groups in total. The Morgan fingerprint density at radius 2 is 1.83 bits per heavy atom. The highest BCUT2D eigenvalue weighted by Crippen LogP contribution is 2.15. The van der Waals surface area contributed by atoms with Gasteiger partial charge in [0, 0.05) is 5.69 Å². The third kappa shape index (κ3) is 4.54. The van der Waals surface area contributed by atoms with E-state index in [-0.39, 0.29) is 5.56 Å². The molecule has 0 heterocycles. The van der Waals surface area contributed by atoms with E-state index in [9.17, 15) is 14.0 Å². The molecule has 2 aromatic carbocycles. The van der Waals surface area contributed by atoms with Gasteiger partial charge in [0.25, 0.3) is 5.91 Å². The predicted molar refractivity (Wildman–Crippen MR) is 83.0 cm³/mol. The zero-order valence-corrected chi connectivity index (χ0v) is 12.8. The second-order valence-corrected chi connectivity index (χ2v) is 4.82. The Hall–Kier alpha value is -2.89. The third-order valence-electron chi connectivity index (χ3n) is 3.12. The molecule has 23 heavy (non-hydrogen) atoms. The van der Waals surface area contributed by atoms with Gasteiger partial charge in [0.15, 0.2) is 6.61 Å². The zero-order chi connectivity index (χ0) is 16.8. The Bertz CT molecular complexity index is 713. The van der Waals surface area contributed by atoms with Crippen LogP contribution in [0.15, 0.2) is 42.5 Å². The summed E-state index contributed by atoms with van der Waals surface area (Å²) < 4.78 is 23.3. The van der Waals surface area contributed by atoms with Crippen molar-refractivity contribution in [2.75, 3.05) is 19.0 Å². The van der Waals surface area contributed by atoms with Crippen LogP contribution in [0.1, 0.15) is 15.9 Å². The van der Waals surface area contributed by atoms with E-state index in [4.69, 9.17) is 9.47 Å². The number of anilines is 1. The molecule has 0 fully saturated rings. The minimum Gasteiger partial charge on any atom is -0.497 e. The van der Waals surface area contributed by atoms with E-state index in [0.29, 0.717) is 17.0 Å². The Kier molecular flexibility index (Phi) is 5.30. The monoisotopic (exact) mass is 317 g/mol. The molecule has 0 spiro atoms. The lowest BCUT2D eigenvalue weighted by Gasteiger charge is -2.08. The second kappa shape index (κ2) is 7.40. The van der Waals surface area contributed by atoms with Crippen LogP contribution in [-0.4, -0.2) is 25.6 Å². The lowest BCUT2D eigenvalue weighted by Crippen LogP contribution is -2.21. The SMILES string of the molecule is COc1ccc(NC(=O)COC(=O)c2ccc(C)c(F)c2)cc1. The summed E-state index contributed by atoms with van der Waals surface area (Å²) in [5.74, 6) is -1.08. The summed E-state index contributed by atoms with van der Waals surface area (Å²) in [7, 11) is 1.54. The van der Waals surface area contributed by atoms with Gasteiger partial charge in [0.05, 0.1) is 12.7 Å². The van der Waals surface area contributed by atoms with E-state index in [1.54, 1.807) is 38.3 Å². The first-order chi connectivity index (χ1) is 11.0. The van der Waals surface area contributed by atoms with Gasteiger partial charge in [-0.25, -0.2) is 9.18 Å². The number of rotatable bonds is 5. The topological polar surface area (TPSA) is 64.6 Å². The Morgan fingerprint density at radius 3 is 2.43 bits per heavy atom. The molecule has 5 nitrogen and oxygen atoms in total. The minimum absolute atomic E-state index is 0.0605. The molecule has 6 heteroatoms. The lowest BCUT2D eigenvalue weighted by molar-refractivity contribution is -0.119. The number of nitrogens with one attached hydrogen (secondary N) is 1. The standard InChI is InChI=1S/C17H16FNO4/c1-11-3-4-12(9-15(11)18)17(21)23-10-16(20)19-13-5-7-14(22-2)8-6-13/h3-9H,10H2,1-2H3,(H,19,20). The van der Waals surface area contributed by atoms with Crippen LogP contribution in [0.5, 0.6) is 5.75 Å². The van der Waals surface area contributed by atoms with Crippen LogP contribution in [0.25, 0.3) is 0 Å². The van der Waals surface area contributed by atoms with Gasteiger partial charge in [-0.3, -0.25) is 4.79 Å². The van der Waals surface area contributed by atoms with Crippen molar-refractivity contribution in [3.8, 4) is 5.75 Å². The molecular formula is C17H16FNO4. The van der Waals surface area contributed by atoms with Gasteiger partial charge >= 0.3 is 5.97 Å². The van der Waals surface area contributed by atoms with E-state index in [2.05, 4.69) is 5.32 Å². The summed E-state index contributed by atoms with van der Waals surface area (Å²) >= 11 is 0. The molecule has 0 saturated heterocycles. The Morgan fingerprint density at radius 1 is 1.13 bits per heavy atom. The number of hydrogen-bond acceptors (Lipinski definition) is 4. The number of methoxy groups -OCH3 is 1. The molecule has 0 aliphatic carbocycles. The highest BCUT2D eigenvalue weighted by atomic mass is 19.1. The van der Waals surface area contributed by atoms with Crippen LogP contribution in [0.3, 0.4) is 0 Å². The summed E-state index contributed by atoms with van der Waals surface area (Å²) in [5, 5.41) is 2.57. The average Bonchev–Trinajstić information content (AvgIpc) is 2.56. The van der Waals surface area contributed by atoms with E-state index in [1.165, 1.54) is 12.1 Å². The lowest BCUT2D eigenvalue weighted by atomic mass is 10.1. The van der Waals surface area contributed by atoms with Crippen LogP contribution < -0.4 is 10.1 Å². The van der Waals surface area contributed by atoms with Gasteiger partial charge in [-0.05, 0) is 48.9 Å². The predicted octanol–water partition coefficient (Wildman–Crippen LogP) is 2.94. The first-order valence-corrected chi connectivity index (χ1v) is 6.87. The van der Waals surface area contributed by atoms with Crippen molar-refractivity contribution in [1.82, 2.24) is 0 Å². The first kappa shape index (κ1) is 16.5. The molecule has 1 amide bonds. The van der Waals surface area contributed by atoms with Gasteiger partial charge in [0.2, 0.25) is 0 Å². The Labute approximate surface area is 133 Å². The van der Waals surface area contributed by atoms with Crippen LogP contribution in [-0.2, 0) is 9.53 Å². The first-order valence-electron chi connectivity index (χ1n) is 6.87. The van der Waals surface area contributed by atoms with Crippen molar-refractivity contribution in [3.05, 3.63) is 59.4 Å². The molecule has 0 aromatic heterocycles. The fraction of sp³-hybridized carbons (Fsp3) is 0.176. The molecule has 0 bridgehead atoms. The summed E-state index contributed by atoms with van der Waals surface area (Å²) in [5.41, 5.74) is 1.04. The fourth-order valence-corrected chi connectivity index (χ4v) is 1.81. The Balaban J connectivity index is 1.87. The van der Waals surface area contributed by atoms with Crippen molar-refractivity contribution in [2.24, 2.45) is 0 Å². The molecule has 2 aromatic rings. The number of halogens is 1. The summed E-state index contributed by atoms with van der Waals surface area (Å²) in [6.45, 7) is 1.13. The average molecular weight is 317 g/mol. The van der Waals surface area contributed by atoms with Crippen LogP contribution >= 0.6 is 0 Å². The maximum atomic E-state index is 13.4. The van der Waals surface area contributed by atoms with Crippen LogP contribution in [0.4, 0.5) is 10.1 Å². The van der Waals surface area contributed by atoms with Crippen LogP contribution in [0.2, 0.25) is 0 Å². The van der Waals surface area contributed by atoms with Crippen LogP contribution in [0, 0.1) is 12.7 Å². The zero-order valence-electron chi connectivity index (χ0n) is 12.8. The second-order valence-electron chi connectivity index (χ2n) is 4.82. The molecule has 0 atom stereocenters. The molecule has 0 radical (unpaired) electrons. The van der Waals surface area contributed by atoms with Gasteiger partial charge in [0.1, 0.15) is 11.6 Å². The molecule has 0 aliphatic heterocycles. The molecule has 2 rings (SSSR count). The molecule has 120 valence electrons. The highest BCUT2D eigenvalue weighted by Gasteiger charge is 2.12. The normalized spacial score (nSPS) is 10.0. The number of esters is 1. The fourth-order valence-electron chi connectivity index (χ4n) is 1.81. The summed E-state index contributed by atoms with van der Waals surface area (Å²) in [6, 6.07) is 10.7. The number of amides is 1. The summed E-state index contributed by atoms with van der Waals surface area (Å²) in [4.78, 5) is 23.5. The molecule has 0 unspecified atom stereocenters. The number of carbonyl (C=O) groups is 2. The number of aryl methyl sites for hydroxylation is 1. The van der Waals surface area contributed by atoms with Crippen molar-refractivity contribution < 1.29 is 23.5 Å².